The summed E-state index contributed by atoms with van der Waals surface area (Å²) in [6.45, 7) is 3.87. The van der Waals surface area contributed by atoms with Crippen molar-refractivity contribution in [1.29, 1.82) is 5.26 Å². The van der Waals surface area contributed by atoms with Crippen LogP contribution in [0, 0.1) is 16.7 Å². The fourth-order valence-corrected chi connectivity index (χ4v) is 2.65. The monoisotopic (exact) mass is 299 g/mol. The summed E-state index contributed by atoms with van der Waals surface area (Å²) >= 11 is 5.07. The van der Waals surface area contributed by atoms with Gasteiger partial charge in [0, 0.05) is 10.2 Å². The van der Waals surface area contributed by atoms with E-state index in [1.807, 2.05) is 32.0 Å². The number of nitrogens with zero attached hydrogens (tertiary/aromatic N) is 1. The summed E-state index contributed by atoms with van der Waals surface area (Å²) in [5.41, 5.74) is -0.321. The first-order valence-electron chi connectivity index (χ1n) is 4.86. The molecule has 0 N–H and O–H groups in total. The first-order valence-corrected chi connectivity index (χ1v) is 6.64. The van der Waals surface area contributed by atoms with E-state index in [1.165, 1.54) is 0 Å². The van der Waals surface area contributed by atoms with Crippen LogP contribution in [0.3, 0.4) is 0 Å². The van der Waals surface area contributed by atoms with E-state index >= 15 is 0 Å². The summed E-state index contributed by atoms with van der Waals surface area (Å²) < 4.78 is 6.29. The third-order valence-electron chi connectivity index (χ3n) is 2.02. The van der Waals surface area contributed by atoms with Gasteiger partial charge in [0.25, 0.3) is 0 Å². The fourth-order valence-electron chi connectivity index (χ4n) is 1.05. The number of halogens is 1. The van der Waals surface area contributed by atoms with Crippen LogP contribution >= 0.6 is 27.7 Å². The second-order valence-corrected chi connectivity index (χ2v) is 6.01. The van der Waals surface area contributed by atoms with Gasteiger partial charge in [-0.15, -0.1) is 11.8 Å². The maximum Gasteiger partial charge on any atom is 0.132 e. The van der Waals surface area contributed by atoms with E-state index in [0.29, 0.717) is 0 Å². The Morgan fingerprint density at radius 1 is 1.50 bits per heavy atom. The van der Waals surface area contributed by atoms with Crippen molar-refractivity contribution in [2.45, 2.75) is 18.7 Å². The van der Waals surface area contributed by atoms with E-state index in [-0.39, 0.29) is 5.41 Å². The van der Waals surface area contributed by atoms with Gasteiger partial charge < -0.3 is 4.74 Å². The van der Waals surface area contributed by atoms with Crippen molar-refractivity contribution in [2.24, 2.45) is 5.41 Å². The van der Waals surface area contributed by atoms with Crippen LogP contribution in [-0.4, -0.2) is 12.9 Å². The predicted molar refractivity (Wildman–Crippen MR) is 70.8 cm³/mol. The average Bonchev–Trinajstić information content (AvgIpc) is 2.27. The number of ether oxygens (including phenoxy) is 1. The van der Waals surface area contributed by atoms with E-state index in [4.69, 9.17) is 10.00 Å². The van der Waals surface area contributed by atoms with E-state index in [2.05, 4.69) is 22.0 Å². The quantitative estimate of drug-likeness (QED) is 0.785. The van der Waals surface area contributed by atoms with E-state index < -0.39 is 0 Å². The summed E-state index contributed by atoms with van der Waals surface area (Å²) in [5.74, 6) is 1.60. The van der Waals surface area contributed by atoms with E-state index in [9.17, 15) is 0 Å². The Hall–Kier alpha value is -0.660. The smallest absolute Gasteiger partial charge is 0.132 e. The van der Waals surface area contributed by atoms with Gasteiger partial charge >= 0.3 is 0 Å². The molecule has 4 heteroatoms. The largest absolute Gasteiger partial charge is 0.496 e. The molecule has 0 aliphatic rings. The molecule has 1 aromatic carbocycles. The first-order chi connectivity index (χ1) is 7.48. The minimum absolute atomic E-state index is 0.321. The molecular formula is C12H14BrNOS. The van der Waals surface area contributed by atoms with Crippen LogP contribution in [0.4, 0.5) is 0 Å². The molecule has 0 bridgehead atoms. The minimum atomic E-state index is -0.321. The molecule has 1 rings (SSSR count). The third kappa shape index (κ3) is 3.73. The van der Waals surface area contributed by atoms with Gasteiger partial charge in [0.05, 0.1) is 23.5 Å². The zero-order valence-corrected chi connectivity index (χ0v) is 12.0. The van der Waals surface area contributed by atoms with Gasteiger partial charge in [-0.25, -0.2) is 0 Å². The Morgan fingerprint density at radius 2 is 2.19 bits per heavy atom. The number of hydrogen-bond acceptors (Lipinski definition) is 3. The number of nitriles is 1. The van der Waals surface area contributed by atoms with Crippen molar-refractivity contribution >= 4 is 27.7 Å². The second-order valence-electron chi connectivity index (χ2n) is 4.08. The van der Waals surface area contributed by atoms with Crippen LogP contribution in [0.25, 0.3) is 0 Å². The summed E-state index contributed by atoms with van der Waals surface area (Å²) in [4.78, 5) is 1.06. The SMILES string of the molecule is COc1ccc(Br)cc1SCC(C)(C)C#N. The Kier molecular flexibility index (Phi) is 4.69. The van der Waals surface area contributed by atoms with Gasteiger partial charge in [0.1, 0.15) is 5.75 Å². The fraction of sp³-hybridized carbons (Fsp3) is 0.417. The van der Waals surface area contributed by atoms with Crippen LogP contribution in [0.2, 0.25) is 0 Å². The number of hydrogen-bond donors (Lipinski definition) is 0. The lowest BCUT2D eigenvalue weighted by molar-refractivity contribution is 0.404. The summed E-state index contributed by atoms with van der Waals surface area (Å²) in [5, 5.41) is 8.95. The molecule has 0 fully saturated rings. The lowest BCUT2D eigenvalue weighted by atomic mass is 10.00. The Morgan fingerprint density at radius 3 is 2.75 bits per heavy atom. The number of thioether (sulfide) groups is 1. The molecule has 0 spiro atoms. The highest BCUT2D eigenvalue weighted by atomic mass is 79.9. The highest BCUT2D eigenvalue weighted by Gasteiger charge is 2.18. The van der Waals surface area contributed by atoms with E-state index in [0.717, 1.165) is 20.9 Å². The second kappa shape index (κ2) is 5.60. The molecule has 0 heterocycles. The summed E-state index contributed by atoms with van der Waals surface area (Å²) in [6.07, 6.45) is 0. The zero-order chi connectivity index (χ0) is 12.2. The molecule has 2 nitrogen and oxygen atoms in total. The zero-order valence-electron chi connectivity index (χ0n) is 9.58. The molecule has 0 aliphatic carbocycles. The lowest BCUT2D eigenvalue weighted by Crippen LogP contribution is -2.11. The van der Waals surface area contributed by atoms with Gasteiger partial charge in [-0.05, 0) is 32.0 Å². The van der Waals surface area contributed by atoms with E-state index in [1.54, 1.807) is 18.9 Å². The third-order valence-corrected chi connectivity index (χ3v) is 4.01. The molecule has 1 aromatic rings. The van der Waals surface area contributed by atoms with Crippen LogP contribution in [-0.2, 0) is 0 Å². The molecule has 0 atom stereocenters. The Bertz CT molecular complexity index is 412. The maximum absolute atomic E-state index is 8.95. The average molecular weight is 300 g/mol. The number of rotatable bonds is 4. The molecule has 0 amide bonds. The van der Waals surface area contributed by atoms with Crippen molar-refractivity contribution in [3.63, 3.8) is 0 Å². The molecular weight excluding hydrogens is 286 g/mol. The Balaban J connectivity index is 2.81. The molecule has 0 aliphatic heterocycles. The number of benzene rings is 1. The highest BCUT2D eigenvalue weighted by molar-refractivity contribution is 9.10. The normalized spacial score (nSPS) is 10.9. The lowest BCUT2D eigenvalue weighted by Gasteiger charge is -2.15. The summed E-state index contributed by atoms with van der Waals surface area (Å²) in [6, 6.07) is 8.17. The predicted octanol–water partition coefficient (Wildman–Crippen LogP) is 4.10. The molecule has 0 unspecified atom stereocenters. The molecule has 0 saturated heterocycles. The first kappa shape index (κ1) is 13.4. The molecule has 86 valence electrons. The van der Waals surface area contributed by atoms with Gasteiger partial charge in [0.2, 0.25) is 0 Å². The molecule has 0 saturated carbocycles. The molecule has 16 heavy (non-hydrogen) atoms. The standard InChI is InChI=1S/C12H14BrNOS/c1-12(2,7-14)8-16-11-6-9(13)4-5-10(11)15-3/h4-6H,8H2,1-3H3. The van der Waals surface area contributed by atoms with Crippen LogP contribution in [0.15, 0.2) is 27.6 Å². The van der Waals surface area contributed by atoms with Gasteiger partial charge in [-0.2, -0.15) is 5.26 Å². The van der Waals surface area contributed by atoms with Crippen LogP contribution in [0.1, 0.15) is 13.8 Å². The van der Waals surface area contributed by atoms with Crippen molar-refractivity contribution in [3.8, 4) is 11.8 Å². The number of methoxy groups -OCH3 is 1. The van der Waals surface area contributed by atoms with Crippen molar-refractivity contribution in [3.05, 3.63) is 22.7 Å². The maximum atomic E-state index is 8.95. The van der Waals surface area contributed by atoms with Crippen molar-refractivity contribution in [1.82, 2.24) is 0 Å². The van der Waals surface area contributed by atoms with Crippen molar-refractivity contribution in [2.75, 3.05) is 12.9 Å². The molecule has 0 aromatic heterocycles. The van der Waals surface area contributed by atoms with Crippen molar-refractivity contribution < 1.29 is 4.74 Å². The highest BCUT2D eigenvalue weighted by Crippen LogP contribution is 2.35. The van der Waals surface area contributed by atoms with Crippen LogP contribution in [0.5, 0.6) is 5.75 Å². The van der Waals surface area contributed by atoms with Gasteiger partial charge in [-0.1, -0.05) is 15.9 Å². The van der Waals surface area contributed by atoms with Gasteiger partial charge in [-0.3, -0.25) is 0 Å². The topological polar surface area (TPSA) is 33.0 Å². The van der Waals surface area contributed by atoms with Gasteiger partial charge in [0.15, 0.2) is 0 Å². The van der Waals surface area contributed by atoms with Crippen LogP contribution < -0.4 is 4.74 Å². The molecule has 0 radical (unpaired) electrons. The Labute approximate surface area is 109 Å². The summed E-state index contributed by atoms with van der Waals surface area (Å²) in [7, 11) is 1.66. The minimum Gasteiger partial charge on any atom is -0.496 e.